The monoisotopic (exact) mass is 1660 g/mol. The molecule has 0 N–H and O–H groups in total. The van der Waals surface area contributed by atoms with Crippen molar-refractivity contribution in [1.82, 2.24) is 9.13 Å². The molecule has 0 aliphatic heterocycles. The van der Waals surface area contributed by atoms with Crippen molar-refractivity contribution in [1.29, 1.82) is 0 Å². The third-order valence-electron chi connectivity index (χ3n) is 26.4. The minimum absolute atomic E-state index is 0.903. The first-order chi connectivity index (χ1) is 64.5. The quantitative estimate of drug-likeness (QED) is 0.102. The Morgan fingerprint density at radius 1 is 0.154 bits per heavy atom. The summed E-state index contributed by atoms with van der Waals surface area (Å²) < 4.78 is 17.8. The number of furan rings is 2. The Kier molecular flexibility index (Phi) is 18.2. The van der Waals surface area contributed by atoms with Gasteiger partial charge in [-0.15, -0.1) is 0 Å². The van der Waals surface area contributed by atoms with Crippen LogP contribution < -0.4 is 9.80 Å². The highest BCUT2D eigenvalue weighted by Gasteiger charge is 2.25. The van der Waals surface area contributed by atoms with Gasteiger partial charge in [0.1, 0.15) is 22.3 Å². The minimum Gasteiger partial charge on any atom is -0.455 e. The molecule has 0 saturated carbocycles. The normalized spacial score (nSPS) is 11.7. The smallest absolute Gasteiger partial charge is 0.143 e. The van der Waals surface area contributed by atoms with Gasteiger partial charge in [-0.25, -0.2) is 0 Å². The van der Waals surface area contributed by atoms with Crippen LogP contribution in [0.25, 0.3) is 209 Å². The van der Waals surface area contributed by atoms with Crippen LogP contribution in [0.2, 0.25) is 0 Å². The zero-order chi connectivity index (χ0) is 85.7. The summed E-state index contributed by atoms with van der Waals surface area (Å²) in [6, 6.07) is 175. The molecule has 4 aromatic heterocycles. The van der Waals surface area contributed by atoms with Crippen LogP contribution in [-0.2, 0) is 0 Å². The number of benzene rings is 22. The summed E-state index contributed by atoms with van der Waals surface area (Å²) in [5, 5.41) is 19.4. The van der Waals surface area contributed by atoms with E-state index in [2.05, 4.69) is 480 Å². The number of nitrogens with zero attached hydrogens (tertiary/aromatic N) is 4. The van der Waals surface area contributed by atoms with E-state index < -0.39 is 0 Å². The fourth-order valence-electron chi connectivity index (χ4n) is 20.4. The average Bonchev–Trinajstić information content (AvgIpc) is 1.61. The van der Waals surface area contributed by atoms with Gasteiger partial charge in [-0.2, -0.15) is 0 Å². The van der Waals surface area contributed by atoms with Crippen LogP contribution in [0.4, 0.5) is 34.1 Å². The van der Waals surface area contributed by atoms with Gasteiger partial charge in [0.15, 0.2) is 0 Å². The minimum atomic E-state index is 0.903. The van der Waals surface area contributed by atoms with E-state index >= 15 is 0 Å². The fraction of sp³-hybridized carbons (Fsp3) is 0. The van der Waals surface area contributed by atoms with Gasteiger partial charge in [0, 0.05) is 99.5 Å². The molecule has 0 aliphatic carbocycles. The summed E-state index contributed by atoms with van der Waals surface area (Å²) in [4.78, 5) is 4.74. The molecule has 130 heavy (non-hydrogen) atoms. The van der Waals surface area contributed by atoms with E-state index in [1.54, 1.807) is 0 Å². The molecule has 6 heteroatoms. The van der Waals surface area contributed by atoms with E-state index in [-0.39, 0.29) is 0 Å². The molecule has 0 amide bonds. The molecule has 0 fully saturated rings. The third-order valence-corrected chi connectivity index (χ3v) is 26.4. The van der Waals surface area contributed by atoms with Crippen molar-refractivity contribution >= 4 is 165 Å². The molecule has 0 aliphatic rings. The molecule has 0 bridgehead atoms. The highest BCUT2D eigenvalue weighted by atomic mass is 16.3. The molecule has 26 rings (SSSR count). The van der Waals surface area contributed by atoms with Crippen LogP contribution in [0.15, 0.2) is 494 Å². The van der Waals surface area contributed by atoms with Gasteiger partial charge < -0.3 is 27.8 Å². The molecular formula is C124H80N4O2. The van der Waals surface area contributed by atoms with Crippen molar-refractivity contribution in [2.45, 2.75) is 0 Å². The number of hydrogen-bond acceptors (Lipinski definition) is 4. The van der Waals surface area contributed by atoms with Crippen molar-refractivity contribution in [2.24, 2.45) is 0 Å². The van der Waals surface area contributed by atoms with Crippen LogP contribution >= 0.6 is 0 Å². The molecule has 608 valence electrons. The molecule has 0 atom stereocenters. The number of rotatable bonds is 14. The summed E-state index contributed by atoms with van der Waals surface area (Å²) >= 11 is 0. The maximum absolute atomic E-state index is 6.46. The standard InChI is InChI=1S/2C62H40N2O/c1-2-16-49-41(14-1)28-29-44-34-39-47(40-57(44)49)63(46-37-32-43(33-38-46)50-22-13-23-56-55-21-8-12-27-61(55)65-62(50)56)45-35-30-42(31-36-45)48-15-3-4-17-51(48)52-18-5-9-24-58(52)64-59-25-10-6-19-53(59)54-20-7-11-26-60(54)64;1-2-15-48-41(14-1)28-29-44-40-47(38-39-50(44)48)63(46-36-32-43(33-37-46)51-22-13-23-57-56-21-8-12-27-61(56)65-62(51)57)45-34-30-42(31-35-45)49-16-3-4-17-52(49)53-18-5-9-24-58(53)64-59-25-10-6-19-54(59)55-20-7-11-26-60(55)64/h2*1-40H. The molecule has 0 saturated heterocycles. The lowest BCUT2D eigenvalue weighted by molar-refractivity contribution is 0.669. The predicted molar refractivity (Wildman–Crippen MR) is 548 cm³/mol. The zero-order valence-electron chi connectivity index (χ0n) is 70.8. The van der Waals surface area contributed by atoms with Crippen LogP contribution in [-0.4, -0.2) is 9.13 Å². The first kappa shape index (κ1) is 75.2. The van der Waals surface area contributed by atoms with Gasteiger partial charge in [0.2, 0.25) is 0 Å². The summed E-state index contributed by atoms with van der Waals surface area (Å²) in [5.74, 6) is 0. The molecule has 0 spiro atoms. The fourth-order valence-corrected chi connectivity index (χ4v) is 20.4. The summed E-state index contributed by atoms with van der Waals surface area (Å²) in [6.45, 7) is 0. The van der Waals surface area contributed by atoms with Gasteiger partial charge in [-0.1, -0.05) is 364 Å². The molecule has 4 heterocycles. The number of para-hydroxylation sites is 10. The van der Waals surface area contributed by atoms with Crippen LogP contribution in [0.5, 0.6) is 0 Å². The van der Waals surface area contributed by atoms with E-state index in [0.717, 1.165) is 123 Å². The van der Waals surface area contributed by atoms with Crippen molar-refractivity contribution in [3.05, 3.63) is 485 Å². The highest BCUT2D eigenvalue weighted by Crippen LogP contribution is 2.48. The van der Waals surface area contributed by atoms with Gasteiger partial charge in [-0.3, -0.25) is 0 Å². The van der Waals surface area contributed by atoms with Crippen molar-refractivity contribution in [2.75, 3.05) is 9.80 Å². The Balaban J connectivity index is 0.000000140. The molecular weight excluding hydrogens is 1580 g/mol. The molecule has 6 nitrogen and oxygen atoms in total. The second-order valence-electron chi connectivity index (χ2n) is 33.7. The van der Waals surface area contributed by atoms with Gasteiger partial charge >= 0.3 is 0 Å². The highest BCUT2D eigenvalue weighted by molar-refractivity contribution is 6.16. The summed E-state index contributed by atoms with van der Waals surface area (Å²) in [7, 11) is 0. The first-order valence-electron chi connectivity index (χ1n) is 44.5. The van der Waals surface area contributed by atoms with E-state index in [0.29, 0.717) is 0 Å². The van der Waals surface area contributed by atoms with Crippen molar-refractivity contribution < 1.29 is 8.83 Å². The Morgan fingerprint density at radius 2 is 0.423 bits per heavy atom. The van der Waals surface area contributed by atoms with E-state index in [1.165, 1.54) is 120 Å². The van der Waals surface area contributed by atoms with Gasteiger partial charge in [0.05, 0.1) is 33.4 Å². The van der Waals surface area contributed by atoms with E-state index in [1.807, 2.05) is 24.3 Å². The number of anilines is 6. The average molecular weight is 1660 g/mol. The van der Waals surface area contributed by atoms with Crippen LogP contribution in [0.3, 0.4) is 0 Å². The van der Waals surface area contributed by atoms with Crippen LogP contribution in [0, 0.1) is 0 Å². The van der Waals surface area contributed by atoms with Crippen molar-refractivity contribution in [3.63, 3.8) is 0 Å². The third kappa shape index (κ3) is 12.8. The van der Waals surface area contributed by atoms with Crippen LogP contribution in [0.1, 0.15) is 0 Å². The summed E-state index contributed by atoms with van der Waals surface area (Å²) in [5.41, 5.74) is 31.0. The second kappa shape index (κ2) is 31.4. The molecule has 0 radical (unpaired) electrons. The lowest BCUT2D eigenvalue weighted by Gasteiger charge is -2.26. The van der Waals surface area contributed by atoms with Gasteiger partial charge in [-0.05, 0) is 209 Å². The van der Waals surface area contributed by atoms with Crippen molar-refractivity contribution in [3.8, 4) is 78.1 Å². The Bertz CT molecular complexity index is 8830. The zero-order valence-corrected chi connectivity index (χ0v) is 70.8. The number of aromatic nitrogens is 2. The Morgan fingerprint density at radius 3 is 0.846 bits per heavy atom. The lowest BCUT2D eigenvalue weighted by atomic mass is 9.93. The van der Waals surface area contributed by atoms with E-state index in [4.69, 9.17) is 8.83 Å². The molecule has 0 unspecified atom stereocenters. The predicted octanol–water partition coefficient (Wildman–Crippen LogP) is 34.9. The summed E-state index contributed by atoms with van der Waals surface area (Å²) in [6.07, 6.45) is 0. The molecule has 26 aromatic rings. The maximum atomic E-state index is 6.46. The second-order valence-corrected chi connectivity index (χ2v) is 33.7. The number of fused-ring (bicyclic) bond motifs is 18. The van der Waals surface area contributed by atoms with E-state index in [9.17, 15) is 0 Å². The lowest BCUT2D eigenvalue weighted by Crippen LogP contribution is -2.10. The molecule has 22 aromatic carbocycles. The number of hydrogen-bond donors (Lipinski definition) is 0. The Hall–Kier alpha value is -17.3. The SMILES string of the molecule is c1ccc(-c2ccccc2-n2c3ccccc3c3ccccc32)c(-c2ccc(N(c3ccc(-c4cccc5c4oc4ccccc45)cc3)c3ccc4c(ccc5ccccc54)c3)cc2)c1.c1ccc(-c2ccccc2-n2c3ccccc3c3ccccc32)c(-c2ccc(N(c3ccc(-c4cccc5c4oc4ccccc45)cc3)c3ccc4ccc5ccccc5c4c3)cc2)c1. The topological polar surface area (TPSA) is 42.6 Å². The van der Waals surface area contributed by atoms with Gasteiger partial charge in [0.25, 0.3) is 0 Å². The first-order valence-corrected chi connectivity index (χ1v) is 44.5. The maximum Gasteiger partial charge on any atom is 0.143 e. The largest absolute Gasteiger partial charge is 0.455 e. The Labute approximate surface area is 750 Å².